The molecule has 0 radical (unpaired) electrons. The number of aliphatic hydroxyl groups is 4. The molecule has 1 heterocycles. The highest BCUT2D eigenvalue weighted by Gasteiger charge is 2.63. The normalized spacial score (nSPS) is 45.4. The molecule has 3 saturated carbocycles. The van der Waals surface area contributed by atoms with Crippen LogP contribution >= 0.6 is 0 Å². The molecule has 13 unspecified atom stereocenters. The van der Waals surface area contributed by atoms with Gasteiger partial charge in [0.15, 0.2) is 18.2 Å². The number of Topliss-reactive ketones (excluding diaryl/α,β-unsaturated/α-hetero) is 2. The Bertz CT molecular complexity index is 1150. The number of ether oxygens (including phenoxy) is 2. The summed E-state index contributed by atoms with van der Waals surface area (Å²) in [6.07, 6.45) is -1.96. The highest BCUT2D eigenvalue weighted by atomic mass is 16.7. The van der Waals surface area contributed by atoms with Gasteiger partial charge in [0, 0.05) is 24.2 Å². The maximum Gasteiger partial charge on any atom is 0.335 e. The van der Waals surface area contributed by atoms with Crippen LogP contribution in [0.1, 0.15) is 92.4 Å². The SMILES string of the molecule is CC(C)CC(=O)CC(C)C1=C(O)C(=O)C2C3CCC4CC(OC5OC(C(=O)O)C(O)C(O)C5O)CCC4(C)C3CCC12C. The average molecular weight is 607 g/mol. The maximum absolute atomic E-state index is 13.7. The predicted molar refractivity (Wildman–Crippen MR) is 155 cm³/mol. The van der Waals surface area contributed by atoms with Gasteiger partial charge in [0.1, 0.15) is 24.1 Å². The number of fused-ring (bicyclic) bond motifs is 5. The summed E-state index contributed by atoms with van der Waals surface area (Å²) in [6.45, 7) is 10.4. The van der Waals surface area contributed by atoms with Crippen LogP contribution in [0.3, 0.4) is 0 Å². The Labute approximate surface area is 253 Å². The fourth-order valence-electron chi connectivity index (χ4n) is 10.0. The van der Waals surface area contributed by atoms with E-state index in [1.807, 2.05) is 20.8 Å². The van der Waals surface area contributed by atoms with Gasteiger partial charge < -0.3 is 35.0 Å². The molecule has 4 aliphatic carbocycles. The summed E-state index contributed by atoms with van der Waals surface area (Å²) in [5.41, 5.74) is 0.275. The fourth-order valence-corrected chi connectivity index (χ4v) is 10.0. The third-order valence-corrected chi connectivity index (χ3v) is 12.0. The molecule has 10 nitrogen and oxygen atoms in total. The first kappa shape index (κ1) is 32.5. The number of carbonyl (C=O) groups is 3. The molecule has 1 aliphatic heterocycles. The van der Waals surface area contributed by atoms with Crippen molar-refractivity contribution in [1.82, 2.24) is 0 Å². The summed E-state index contributed by atoms with van der Waals surface area (Å²) >= 11 is 0. The van der Waals surface area contributed by atoms with Gasteiger partial charge in [-0.1, -0.05) is 34.6 Å². The van der Waals surface area contributed by atoms with Gasteiger partial charge in [-0.15, -0.1) is 0 Å². The molecule has 4 fully saturated rings. The lowest BCUT2D eigenvalue weighted by Crippen LogP contribution is -2.61. The zero-order chi connectivity index (χ0) is 31.6. The fraction of sp³-hybridized carbons (Fsp3) is 0.848. The van der Waals surface area contributed by atoms with Crippen molar-refractivity contribution in [3.8, 4) is 0 Å². The molecule has 0 amide bonds. The summed E-state index contributed by atoms with van der Waals surface area (Å²) in [7, 11) is 0. The first-order valence-corrected chi connectivity index (χ1v) is 16.2. The van der Waals surface area contributed by atoms with Gasteiger partial charge in [0.2, 0.25) is 5.78 Å². The molecule has 0 spiro atoms. The van der Waals surface area contributed by atoms with Crippen LogP contribution < -0.4 is 0 Å². The number of allylic oxidation sites excluding steroid dienone is 2. The summed E-state index contributed by atoms with van der Waals surface area (Å²) in [4.78, 5) is 37.9. The van der Waals surface area contributed by atoms with Gasteiger partial charge in [0.25, 0.3) is 0 Å². The molecule has 0 aromatic rings. The molecule has 43 heavy (non-hydrogen) atoms. The number of ketones is 2. The molecule has 5 N–H and O–H groups in total. The largest absolute Gasteiger partial charge is 0.504 e. The van der Waals surface area contributed by atoms with Crippen LogP contribution in [-0.2, 0) is 23.9 Å². The number of rotatable bonds is 8. The highest BCUT2D eigenvalue weighted by Crippen LogP contribution is 2.67. The average Bonchev–Trinajstić information content (AvgIpc) is 3.12. The monoisotopic (exact) mass is 606 g/mol. The lowest BCUT2D eigenvalue weighted by atomic mass is 9.44. The molecule has 13 atom stereocenters. The Morgan fingerprint density at radius 1 is 0.977 bits per heavy atom. The summed E-state index contributed by atoms with van der Waals surface area (Å²) < 4.78 is 11.4. The second-order valence-electron chi connectivity index (χ2n) is 15.1. The third kappa shape index (κ3) is 5.49. The molecule has 10 heteroatoms. The number of hydrogen-bond acceptors (Lipinski definition) is 9. The van der Waals surface area contributed by atoms with Crippen LogP contribution in [-0.4, -0.2) is 79.9 Å². The molecule has 0 aromatic heterocycles. The number of carboxylic acids is 1. The molecular formula is C33H50O10. The maximum atomic E-state index is 13.7. The van der Waals surface area contributed by atoms with E-state index in [0.717, 1.165) is 37.7 Å². The van der Waals surface area contributed by atoms with E-state index in [-0.39, 0.29) is 58.4 Å². The minimum atomic E-state index is -1.76. The lowest BCUT2D eigenvalue weighted by Gasteiger charge is -2.60. The van der Waals surface area contributed by atoms with Crippen LogP contribution in [0.15, 0.2) is 11.3 Å². The van der Waals surface area contributed by atoms with Crippen molar-refractivity contribution in [2.75, 3.05) is 0 Å². The van der Waals surface area contributed by atoms with E-state index >= 15 is 0 Å². The van der Waals surface area contributed by atoms with Crippen molar-refractivity contribution in [1.29, 1.82) is 0 Å². The van der Waals surface area contributed by atoms with Gasteiger partial charge in [-0.25, -0.2) is 4.79 Å². The van der Waals surface area contributed by atoms with Gasteiger partial charge in [-0.2, -0.15) is 0 Å². The van der Waals surface area contributed by atoms with E-state index < -0.39 is 42.1 Å². The van der Waals surface area contributed by atoms with Crippen molar-refractivity contribution in [2.45, 2.75) is 129 Å². The first-order chi connectivity index (χ1) is 20.1. The predicted octanol–water partition coefficient (Wildman–Crippen LogP) is 3.55. The van der Waals surface area contributed by atoms with Crippen molar-refractivity contribution >= 4 is 17.5 Å². The Hall–Kier alpha value is -1.85. The van der Waals surface area contributed by atoms with Crippen molar-refractivity contribution in [3.05, 3.63) is 11.3 Å². The van der Waals surface area contributed by atoms with Crippen molar-refractivity contribution < 1.29 is 49.4 Å². The highest BCUT2D eigenvalue weighted by molar-refractivity contribution is 6.00. The quantitative estimate of drug-likeness (QED) is 0.257. The summed E-state index contributed by atoms with van der Waals surface area (Å²) in [6, 6.07) is 0. The van der Waals surface area contributed by atoms with E-state index in [2.05, 4.69) is 13.8 Å². The van der Waals surface area contributed by atoms with Crippen LogP contribution in [0.5, 0.6) is 0 Å². The Morgan fingerprint density at radius 3 is 2.33 bits per heavy atom. The topological polar surface area (TPSA) is 171 Å². The Morgan fingerprint density at radius 2 is 1.67 bits per heavy atom. The van der Waals surface area contributed by atoms with Gasteiger partial charge in [-0.05, 0) is 85.5 Å². The molecule has 5 aliphatic rings. The molecular weight excluding hydrogens is 556 g/mol. The second-order valence-corrected chi connectivity index (χ2v) is 15.1. The van der Waals surface area contributed by atoms with Gasteiger partial charge in [0.05, 0.1) is 6.10 Å². The van der Waals surface area contributed by atoms with Crippen molar-refractivity contribution in [2.24, 2.45) is 46.3 Å². The van der Waals surface area contributed by atoms with E-state index in [1.165, 1.54) is 0 Å². The molecule has 242 valence electrons. The minimum absolute atomic E-state index is 0.0487. The van der Waals surface area contributed by atoms with Crippen LogP contribution in [0, 0.1) is 46.3 Å². The van der Waals surface area contributed by atoms with Crippen LogP contribution in [0.4, 0.5) is 0 Å². The molecule has 0 bridgehead atoms. The number of carbonyl (C=O) groups excluding carboxylic acids is 2. The molecule has 1 saturated heterocycles. The second kappa shape index (κ2) is 11.8. The number of aliphatic hydroxyl groups excluding tert-OH is 4. The van der Waals surface area contributed by atoms with Crippen LogP contribution in [0.2, 0.25) is 0 Å². The van der Waals surface area contributed by atoms with Gasteiger partial charge >= 0.3 is 5.97 Å². The smallest absolute Gasteiger partial charge is 0.335 e. The Balaban J connectivity index is 1.28. The summed E-state index contributed by atoms with van der Waals surface area (Å²) in [5.74, 6) is -1.03. The lowest BCUT2D eigenvalue weighted by molar-refractivity contribution is -0.309. The zero-order valence-corrected chi connectivity index (χ0v) is 26.1. The summed E-state index contributed by atoms with van der Waals surface area (Å²) in [5, 5.41) is 51.2. The first-order valence-electron chi connectivity index (χ1n) is 16.2. The number of carboxylic acid groups (broad SMARTS) is 1. The Kier molecular flexibility index (Phi) is 8.95. The van der Waals surface area contributed by atoms with E-state index in [0.29, 0.717) is 31.6 Å². The van der Waals surface area contributed by atoms with Crippen molar-refractivity contribution in [3.63, 3.8) is 0 Å². The zero-order valence-electron chi connectivity index (χ0n) is 26.1. The van der Waals surface area contributed by atoms with E-state index in [4.69, 9.17) is 9.47 Å². The number of hydrogen-bond donors (Lipinski definition) is 5. The van der Waals surface area contributed by atoms with E-state index in [1.54, 1.807) is 0 Å². The standard InChI is InChI=1S/C33H50O10/c1-15(2)12-18(34)13-16(3)22-24(35)25(36)23-20-7-6-17-14-19(8-10-32(17,4)21(20)9-11-33(22,23)5)42-31-28(39)26(37)27(38)29(43-31)30(40)41/h15-17,19-21,23,26-29,31,35,37-39H,6-14H2,1-5H3,(H,40,41). The third-order valence-electron chi connectivity index (χ3n) is 12.0. The number of aliphatic carboxylic acids is 1. The van der Waals surface area contributed by atoms with Crippen LogP contribution in [0.25, 0.3) is 0 Å². The molecule has 0 aromatic carbocycles. The van der Waals surface area contributed by atoms with E-state index in [9.17, 15) is 39.9 Å². The molecule has 5 rings (SSSR count). The minimum Gasteiger partial charge on any atom is -0.504 e. The van der Waals surface area contributed by atoms with Gasteiger partial charge in [-0.3, -0.25) is 9.59 Å².